The molecule has 0 atom stereocenters. The number of nitrogens with zero attached hydrogens (tertiary/aromatic N) is 2. The Morgan fingerprint density at radius 2 is 1.97 bits per heavy atom. The summed E-state index contributed by atoms with van der Waals surface area (Å²) in [6.07, 6.45) is 1.60. The highest BCUT2D eigenvalue weighted by Gasteiger charge is 2.12. The number of rotatable bonds is 4. The fourth-order valence-corrected chi connectivity index (χ4v) is 3.67. The first-order valence-electron chi connectivity index (χ1n) is 9.03. The van der Waals surface area contributed by atoms with Gasteiger partial charge in [-0.1, -0.05) is 28.1 Å². The first kappa shape index (κ1) is 19.2. The molecule has 6 heteroatoms. The van der Waals surface area contributed by atoms with Crippen LogP contribution in [0.2, 0.25) is 0 Å². The molecule has 4 aromatic rings. The van der Waals surface area contributed by atoms with Crippen molar-refractivity contribution in [3.8, 4) is 23.0 Å². The zero-order valence-corrected chi connectivity index (χ0v) is 17.8. The van der Waals surface area contributed by atoms with Gasteiger partial charge in [-0.05, 0) is 61.4 Å². The summed E-state index contributed by atoms with van der Waals surface area (Å²) in [6, 6.07) is 15.2. The molecule has 0 aliphatic rings. The molecule has 146 valence electrons. The van der Waals surface area contributed by atoms with E-state index in [1.165, 1.54) is 7.11 Å². The van der Waals surface area contributed by atoms with Crippen LogP contribution in [0, 0.1) is 13.8 Å². The van der Waals surface area contributed by atoms with Gasteiger partial charge in [0.1, 0.15) is 5.52 Å². The number of phenolic OH excluding ortho intramolecular Hbond substituents is 1. The number of aromatic nitrogens is 1. The topological polar surface area (TPSA) is 67.9 Å². The Morgan fingerprint density at radius 3 is 2.76 bits per heavy atom. The molecule has 1 aromatic heterocycles. The van der Waals surface area contributed by atoms with Crippen molar-refractivity contribution in [2.24, 2.45) is 4.99 Å². The van der Waals surface area contributed by atoms with E-state index in [-0.39, 0.29) is 5.75 Å². The number of hydrogen-bond donors (Lipinski definition) is 1. The number of fused-ring (bicyclic) bond motifs is 1. The first-order chi connectivity index (χ1) is 13.9. The third-order valence-electron chi connectivity index (χ3n) is 4.56. The molecule has 29 heavy (non-hydrogen) atoms. The minimum Gasteiger partial charge on any atom is -0.504 e. The van der Waals surface area contributed by atoms with Gasteiger partial charge in [-0.25, -0.2) is 4.98 Å². The lowest BCUT2D eigenvalue weighted by atomic mass is 10.1. The molecule has 1 heterocycles. The second-order valence-electron chi connectivity index (χ2n) is 6.80. The Bertz CT molecular complexity index is 1240. The van der Waals surface area contributed by atoms with Crippen LogP contribution in [-0.2, 0) is 0 Å². The van der Waals surface area contributed by atoms with Crippen molar-refractivity contribution in [2.45, 2.75) is 13.8 Å². The summed E-state index contributed by atoms with van der Waals surface area (Å²) < 4.78 is 12.0. The summed E-state index contributed by atoms with van der Waals surface area (Å²) in [6.45, 7) is 4.06. The Kier molecular flexibility index (Phi) is 5.11. The van der Waals surface area contributed by atoms with Crippen LogP contribution in [0.5, 0.6) is 11.5 Å². The maximum Gasteiger partial charge on any atom is 0.227 e. The second-order valence-corrected chi connectivity index (χ2v) is 7.72. The number of phenols is 1. The van der Waals surface area contributed by atoms with Crippen LogP contribution in [0.3, 0.4) is 0 Å². The minimum absolute atomic E-state index is 0.0420. The van der Waals surface area contributed by atoms with Crippen molar-refractivity contribution in [3.63, 3.8) is 0 Å². The molecule has 0 amide bonds. The molecule has 0 bridgehead atoms. The van der Waals surface area contributed by atoms with E-state index in [0.717, 1.165) is 38.0 Å². The largest absolute Gasteiger partial charge is 0.504 e. The lowest BCUT2D eigenvalue weighted by Gasteiger charge is -2.06. The van der Waals surface area contributed by atoms with Gasteiger partial charge in [0, 0.05) is 21.8 Å². The van der Waals surface area contributed by atoms with E-state index in [0.29, 0.717) is 17.2 Å². The molecule has 0 spiro atoms. The van der Waals surface area contributed by atoms with Crippen LogP contribution in [-0.4, -0.2) is 23.4 Å². The summed E-state index contributed by atoms with van der Waals surface area (Å²) in [4.78, 5) is 9.13. The van der Waals surface area contributed by atoms with Crippen LogP contribution in [0.1, 0.15) is 16.7 Å². The lowest BCUT2D eigenvalue weighted by molar-refractivity contribution is 0.373. The number of aryl methyl sites for hydroxylation is 2. The molecular formula is C23H19BrN2O3. The third-order valence-corrected chi connectivity index (χ3v) is 5.01. The van der Waals surface area contributed by atoms with Gasteiger partial charge >= 0.3 is 0 Å². The molecule has 3 aromatic carbocycles. The van der Waals surface area contributed by atoms with Gasteiger partial charge in [-0.15, -0.1) is 0 Å². The molecule has 0 fully saturated rings. The van der Waals surface area contributed by atoms with Gasteiger partial charge in [-0.2, -0.15) is 0 Å². The van der Waals surface area contributed by atoms with Crippen molar-refractivity contribution < 1.29 is 14.3 Å². The number of aliphatic imine (C=N–C) groups is 1. The molecule has 0 saturated carbocycles. The zero-order chi connectivity index (χ0) is 20.5. The number of benzene rings is 3. The number of oxazole rings is 1. The maximum atomic E-state index is 10.3. The highest BCUT2D eigenvalue weighted by molar-refractivity contribution is 9.10. The standard InChI is InChI=1S/C23H19BrN2O3/c1-13-7-14(2)22-19(8-13)26-23(29-22)15-5-4-6-18(10-15)25-12-16-9-17(24)11-20(28-3)21(16)27/h4-12,27H,1-3H3. The summed E-state index contributed by atoms with van der Waals surface area (Å²) >= 11 is 3.41. The molecule has 0 radical (unpaired) electrons. The smallest absolute Gasteiger partial charge is 0.227 e. The molecule has 5 nitrogen and oxygen atoms in total. The Morgan fingerprint density at radius 1 is 1.14 bits per heavy atom. The van der Waals surface area contributed by atoms with Crippen LogP contribution >= 0.6 is 15.9 Å². The summed E-state index contributed by atoms with van der Waals surface area (Å²) in [5, 5.41) is 10.3. The fraction of sp³-hybridized carbons (Fsp3) is 0.130. The van der Waals surface area contributed by atoms with Crippen LogP contribution in [0.4, 0.5) is 5.69 Å². The van der Waals surface area contributed by atoms with Gasteiger partial charge in [0.15, 0.2) is 17.1 Å². The van der Waals surface area contributed by atoms with Crippen molar-refractivity contribution in [1.82, 2.24) is 4.98 Å². The van der Waals surface area contributed by atoms with E-state index in [9.17, 15) is 5.11 Å². The van der Waals surface area contributed by atoms with Crippen molar-refractivity contribution in [3.05, 3.63) is 69.7 Å². The molecular weight excluding hydrogens is 432 g/mol. The molecule has 0 saturated heterocycles. The van der Waals surface area contributed by atoms with E-state index >= 15 is 0 Å². The Balaban J connectivity index is 1.69. The summed E-state index contributed by atoms with van der Waals surface area (Å²) in [5.41, 5.74) is 5.96. The van der Waals surface area contributed by atoms with Crippen LogP contribution in [0.15, 0.2) is 62.4 Å². The molecule has 1 N–H and O–H groups in total. The highest BCUT2D eigenvalue weighted by atomic mass is 79.9. The number of methoxy groups -OCH3 is 1. The number of ether oxygens (including phenoxy) is 1. The second kappa shape index (κ2) is 7.72. The van der Waals surface area contributed by atoms with Crippen LogP contribution < -0.4 is 4.74 Å². The quantitative estimate of drug-likeness (QED) is 0.368. The average Bonchev–Trinajstić information content (AvgIpc) is 3.13. The Labute approximate surface area is 176 Å². The number of aromatic hydroxyl groups is 1. The van der Waals surface area contributed by atoms with Crippen molar-refractivity contribution in [1.29, 1.82) is 0 Å². The van der Waals surface area contributed by atoms with Gasteiger partial charge in [-0.3, -0.25) is 4.99 Å². The van der Waals surface area contributed by atoms with Crippen LogP contribution in [0.25, 0.3) is 22.6 Å². The zero-order valence-electron chi connectivity index (χ0n) is 16.2. The fourth-order valence-electron chi connectivity index (χ4n) is 3.21. The van der Waals surface area contributed by atoms with Gasteiger partial charge in [0.25, 0.3) is 0 Å². The molecule has 0 unspecified atom stereocenters. The summed E-state index contributed by atoms with van der Waals surface area (Å²) in [7, 11) is 1.51. The monoisotopic (exact) mass is 450 g/mol. The van der Waals surface area contributed by atoms with E-state index in [1.54, 1.807) is 18.3 Å². The average molecular weight is 451 g/mol. The molecule has 0 aliphatic carbocycles. The first-order valence-corrected chi connectivity index (χ1v) is 9.82. The predicted octanol–water partition coefficient (Wildman–Crippen LogP) is 6.34. The predicted molar refractivity (Wildman–Crippen MR) is 119 cm³/mol. The lowest BCUT2D eigenvalue weighted by Crippen LogP contribution is -1.89. The minimum atomic E-state index is 0.0420. The molecule has 4 rings (SSSR count). The van der Waals surface area contributed by atoms with E-state index in [4.69, 9.17) is 9.15 Å². The third kappa shape index (κ3) is 3.89. The van der Waals surface area contributed by atoms with E-state index in [2.05, 4.69) is 32.0 Å². The van der Waals surface area contributed by atoms with E-state index in [1.807, 2.05) is 44.2 Å². The van der Waals surface area contributed by atoms with E-state index < -0.39 is 0 Å². The van der Waals surface area contributed by atoms with Gasteiger partial charge in [0.2, 0.25) is 5.89 Å². The van der Waals surface area contributed by atoms with Gasteiger partial charge in [0.05, 0.1) is 12.8 Å². The highest BCUT2D eigenvalue weighted by Crippen LogP contribution is 2.33. The Hall–Kier alpha value is -3.12. The number of hydrogen-bond acceptors (Lipinski definition) is 5. The molecule has 0 aliphatic heterocycles. The summed E-state index contributed by atoms with van der Waals surface area (Å²) in [5.74, 6) is 0.977. The van der Waals surface area contributed by atoms with Crippen molar-refractivity contribution >= 4 is 38.9 Å². The normalized spacial score (nSPS) is 11.4. The van der Waals surface area contributed by atoms with Gasteiger partial charge < -0.3 is 14.3 Å². The number of halogens is 1. The van der Waals surface area contributed by atoms with Crippen molar-refractivity contribution in [2.75, 3.05) is 7.11 Å². The SMILES string of the molecule is COc1cc(Br)cc(C=Nc2cccc(-c3nc4cc(C)cc(C)c4o3)c2)c1O. The maximum absolute atomic E-state index is 10.3.